The van der Waals surface area contributed by atoms with Crippen molar-refractivity contribution in [3.63, 3.8) is 0 Å². The number of hydrogen-bond acceptors (Lipinski definition) is 4. The van der Waals surface area contributed by atoms with Gasteiger partial charge >= 0.3 is 5.97 Å². The van der Waals surface area contributed by atoms with Crippen LogP contribution in [0.25, 0.3) is 0 Å². The van der Waals surface area contributed by atoms with Crippen LogP contribution in [0.15, 0.2) is 22.7 Å². The molecule has 1 aromatic rings. The van der Waals surface area contributed by atoms with Gasteiger partial charge in [0.05, 0.1) is 19.1 Å². The van der Waals surface area contributed by atoms with Gasteiger partial charge in [0.1, 0.15) is 0 Å². The maximum absolute atomic E-state index is 12.3. The number of carbonyl (C=O) groups is 2. The molecular weight excluding hydrogens is 360 g/mol. The number of nitrogens with zero attached hydrogens (tertiary/aromatic N) is 1. The molecule has 2 rings (SSSR count). The number of piperidine rings is 1. The third-order valence-corrected chi connectivity index (χ3v) is 4.96. The average Bonchev–Trinajstić information content (AvgIpc) is 2.56. The van der Waals surface area contributed by atoms with Crippen molar-refractivity contribution in [2.45, 2.75) is 26.7 Å². The third-order valence-electron chi connectivity index (χ3n) is 4.07. The zero-order chi connectivity index (χ0) is 16.8. The highest BCUT2D eigenvalue weighted by atomic mass is 79.9. The van der Waals surface area contributed by atoms with E-state index in [9.17, 15) is 9.59 Å². The summed E-state index contributed by atoms with van der Waals surface area (Å²) in [6, 6.07) is 5.91. The van der Waals surface area contributed by atoms with Crippen LogP contribution in [-0.4, -0.2) is 43.0 Å². The molecule has 1 aliphatic rings. The van der Waals surface area contributed by atoms with E-state index in [1.54, 1.807) is 0 Å². The lowest BCUT2D eigenvalue weighted by Gasteiger charge is -2.31. The van der Waals surface area contributed by atoms with Gasteiger partial charge in [-0.05, 0) is 50.5 Å². The van der Waals surface area contributed by atoms with Crippen LogP contribution < -0.4 is 5.32 Å². The fraction of sp³-hybridized carbons (Fsp3) is 0.529. The van der Waals surface area contributed by atoms with E-state index in [4.69, 9.17) is 4.74 Å². The number of aryl methyl sites for hydroxylation is 1. The SMILES string of the molecule is CCOC(=O)C1CCN(C(=O)CNc2ccc(Br)c(C)c2)CC1. The summed E-state index contributed by atoms with van der Waals surface area (Å²) < 4.78 is 6.10. The number of esters is 1. The first kappa shape index (κ1) is 17.8. The lowest BCUT2D eigenvalue weighted by molar-refractivity contribution is -0.151. The summed E-state index contributed by atoms with van der Waals surface area (Å²) in [5.41, 5.74) is 2.05. The van der Waals surface area contributed by atoms with Gasteiger partial charge < -0.3 is 15.0 Å². The highest BCUT2D eigenvalue weighted by Crippen LogP contribution is 2.21. The number of rotatable bonds is 5. The predicted octanol–water partition coefficient (Wildman–Crippen LogP) is 2.97. The normalized spacial score (nSPS) is 15.3. The van der Waals surface area contributed by atoms with E-state index in [0.717, 1.165) is 15.7 Å². The molecule has 0 bridgehead atoms. The van der Waals surface area contributed by atoms with Crippen molar-refractivity contribution in [3.05, 3.63) is 28.2 Å². The zero-order valence-corrected chi connectivity index (χ0v) is 15.2. The molecule has 0 radical (unpaired) electrons. The predicted molar refractivity (Wildman–Crippen MR) is 93.3 cm³/mol. The molecule has 6 heteroatoms. The maximum Gasteiger partial charge on any atom is 0.309 e. The lowest BCUT2D eigenvalue weighted by Crippen LogP contribution is -2.43. The molecule has 0 unspecified atom stereocenters. The number of amides is 1. The molecule has 0 spiro atoms. The molecule has 23 heavy (non-hydrogen) atoms. The minimum atomic E-state index is -0.136. The van der Waals surface area contributed by atoms with E-state index in [0.29, 0.717) is 32.5 Å². The number of benzene rings is 1. The first-order valence-electron chi connectivity index (χ1n) is 7.95. The summed E-state index contributed by atoms with van der Waals surface area (Å²) in [5, 5.41) is 3.16. The molecule has 1 aliphatic heterocycles. The van der Waals surface area contributed by atoms with Gasteiger partial charge in [-0.15, -0.1) is 0 Å². The van der Waals surface area contributed by atoms with Gasteiger partial charge in [-0.2, -0.15) is 0 Å². The fourth-order valence-corrected chi connectivity index (χ4v) is 2.92. The smallest absolute Gasteiger partial charge is 0.309 e. The van der Waals surface area contributed by atoms with Crippen LogP contribution >= 0.6 is 15.9 Å². The van der Waals surface area contributed by atoms with Crippen molar-refractivity contribution in [1.29, 1.82) is 0 Å². The molecule has 5 nitrogen and oxygen atoms in total. The van der Waals surface area contributed by atoms with Gasteiger partial charge in [0.2, 0.25) is 5.91 Å². The number of ether oxygens (including phenoxy) is 1. The minimum Gasteiger partial charge on any atom is -0.466 e. The first-order chi connectivity index (χ1) is 11.0. The van der Waals surface area contributed by atoms with E-state index in [1.165, 1.54) is 0 Å². The molecule has 1 heterocycles. The standard InChI is InChI=1S/C17H23BrN2O3/c1-3-23-17(22)13-6-8-20(9-7-13)16(21)11-19-14-4-5-15(18)12(2)10-14/h4-5,10,13,19H,3,6-9,11H2,1-2H3. The molecule has 0 saturated carbocycles. The molecule has 0 aromatic heterocycles. The van der Waals surface area contributed by atoms with E-state index in [-0.39, 0.29) is 24.3 Å². The Morgan fingerprint density at radius 2 is 2.04 bits per heavy atom. The van der Waals surface area contributed by atoms with Gasteiger partial charge in [-0.1, -0.05) is 15.9 Å². The second-order valence-corrected chi connectivity index (χ2v) is 6.58. The van der Waals surface area contributed by atoms with Crippen molar-refractivity contribution in [3.8, 4) is 0 Å². The third kappa shape index (κ3) is 4.96. The largest absolute Gasteiger partial charge is 0.466 e. The van der Waals surface area contributed by atoms with Crippen molar-refractivity contribution in [1.82, 2.24) is 4.90 Å². The molecule has 1 saturated heterocycles. The highest BCUT2D eigenvalue weighted by molar-refractivity contribution is 9.10. The minimum absolute atomic E-state index is 0.0629. The fourth-order valence-electron chi connectivity index (χ4n) is 2.67. The highest BCUT2D eigenvalue weighted by Gasteiger charge is 2.27. The van der Waals surface area contributed by atoms with Gasteiger partial charge in [0, 0.05) is 23.2 Å². The Balaban J connectivity index is 1.79. The Labute approximate surface area is 145 Å². The molecule has 0 aliphatic carbocycles. The molecule has 126 valence electrons. The summed E-state index contributed by atoms with van der Waals surface area (Å²) in [6.07, 6.45) is 1.37. The molecule has 1 fully saturated rings. The van der Waals surface area contributed by atoms with Crippen molar-refractivity contribution in [2.75, 3.05) is 31.6 Å². The number of carbonyl (C=O) groups excluding carboxylic acids is 2. The van der Waals surface area contributed by atoms with E-state index in [1.807, 2.05) is 36.9 Å². The van der Waals surface area contributed by atoms with E-state index in [2.05, 4.69) is 21.2 Å². The number of anilines is 1. The van der Waals surface area contributed by atoms with E-state index >= 15 is 0 Å². The summed E-state index contributed by atoms with van der Waals surface area (Å²) >= 11 is 3.46. The Morgan fingerprint density at radius 3 is 2.65 bits per heavy atom. The van der Waals surface area contributed by atoms with Crippen molar-refractivity contribution < 1.29 is 14.3 Å². The Morgan fingerprint density at radius 1 is 1.35 bits per heavy atom. The van der Waals surface area contributed by atoms with Crippen molar-refractivity contribution in [2.24, 2.45) is 5.92 Å². The van der Waals surface area contributed by atoms with Crippen LogP contribution in [0.3, 0.4) is 0 Å². The molecule has 1 aromatic carbocycles. The van der Waals surface area contributed by atoms with Crippen LogP contribution in [0, 0.1) is 12.8 Å². The Bertz CT molecular complexity index is 569. The lowest BCUT2D eigenvalue weighted by atomic mass is 9.97. The number of likely N-dealkylation sites (tertiary alicyclic amines) is 1. The number of hydrogen-bond donors (Lipinski definition) is 1. The summed E-state index contributed by atoms with van der Waals surface area (Å²) in [5.74, 6) is -0.142. The van der Waals surface area contributed by atoms with Gasteiger partial charge in [0.15, 0.2) is 0 Å². The number of nitrogens with one attached hydrogen (secondary N) is 1. The van der Waals surface area contributed by atoms with Gasteiger partial charge in [-0.3, -0.25) is 9.59 Å². The van der Waals surface area contributed by atoms with Crippen molar-refractivity contribution >= 4 is 33.5 Å². The topological polar surface area (TPSA) is 58.6 Å². The van der Waals surface area contributed by atoms with E-state index < -0.39 is 0 Å². The Kier molecular flexibility index (Phi) is 6.45. The monoisotopic (exact) mass is 382 g/mol. The molecular formula is C17H23BrN2O3. The van der Waals surface area contributed by atoms with Crippen LogP contribution in [0.4, 0.5) is 5.69 Å². The summed E-state index contributed by atoms with van der Waals surface area (Å²) in [7, 11) is 0. The van der Waals surface area contributed by atoms with Crippen LogP contribution in [0.2, 0.25) is 0 Å². The summed E-state index contributed by atoms with van der Waals surface area (Å²) in [4.78, 5) is 25.8. The average molecular weight is 383 g/mol. The van der Waals surface area contributed by atoms with Gasteiger partial charge in [0.25, 0.3) is 0 Å². The number of halogens is 1. The van der Waals surface area contributed by atoms with Crippen LogP contribution in [0.1, 0.15) is 25.3 Å². The first-order valence-corrected chi connectivity index (χ1v) is 8.75. The quantitative estimate of drug-likeness (QED) is 0.795. The van der Waals surface area contributed by atoms with Gasteiger partial charge in [-0.25, -0.2) is 0 Å². The maximum atomic E-state index is 12.3. The second kappa shape index (κ2) is 8.34. The zero-order valence-electron chi connectivity index (χ0n) is 13.6. The molecule has 1 N–H and O–H groups in total. The second-order valence-electron chi connectivity index (χ2n) is 5.72. The van der Waals surface area contributed by atoms with Crippen LogP contribution in [-0.2, 0) is 14.3 Å². The summed E-state index contributed by atoms with van der Waals surface area (Å²) in [6.45, 7) is 5.73. The van der Waals surface area contributed by atoms with Crippen LogP contribution in [0.5, 0.6) is 0 Å². The Hall–Kier alpha value is -1.56. The molecule has 1 amide bonds. The molecule has 0 atom stereocenters.